The zero-order chi connectivity index (χ0) is 10.0. The average molecular weight is 183 g/mol. The Labute approximate surface area is 83.1 Å². The van der Waals surface area contributed by atoms with Gasteiger partial charge in [-0.2, -0.15) is 0 Å². The highest BCUT2D eigenvalue weighted by Gasteiger charge is 2.37. The zero-order valence-electron chi connectivity index (χ0n) is 9.59. The van der Waals surface area contributed by atoms with E-state index in [1.54, 1.807) is 0 Å². The summed E-state index contributed by atoms with van der Waals surface area (Å²) in [5, 5.41) is 0. The molecule has 0 aliphatic heterocycles. The molecule has 2 N–H and O–H groups in total. The van der Waals surface area contributed by atoms with Crippen LogP contribution in [0, 0.1) is 23.7 Å². The lowest BCUT2D eigenvalue weighted by molar-refractivity contribution is 0.341. The van der Waals surface area contributed by atoms with E-state index in [0.29, 0.717) is 6.04 Å². The van der Waals surface area contributed by atoms with Gasteiger partial charge in [-0.25, -0.2) is 0 Å². The molecule has 1 rings (SSSR count). The molecule has 1 saturated carbocycles. The average Bonchev–Trinajstić information content (AvgIpc) is 2.64. The van der Waals surface area contributed by atoms with E-state index in [9.17, 15) is 0 Å². The van der Waals surface area contributed by atoms with E-state index in [1.165, 1.54) is 19.3 Å². The second kappa shape index (κ2) is 4.45. The first-order chi connectivity index (χ1) is 6.00. The van der Waals surface area contributed by atoms with E-state index in [2.05, 4.69) is 27.7 Å². The Morgan fingerprint density at radius 2 is 1.77 bits per heavy atom. The Kier molecular flexibility index (Phi) is 3.78. The maximum absolute atomic E-state index is 5.79. The van der Waals surface area contributed by atoms with Crippen LogP contribution in [0.1, 0.15) is 47.0 Å². The second-order valence-corrected chi connectivity index (χ2v) is 5.41. The van der Waals surface area contributed by atoms with Crippen molar-refractivity contribution >= 4 is 0 Å². The van der Waals surface area contributed by atoms with Gasteiger partial charge >= 0.3 is 0 Å². The van der Waals surface area contributed by atoms with Crippen molar-refractivity contribution in [3.8, 4) is 0 Å². The van der Waals surface area contributed by atoms with Crippen molar-refractivity contribution in [1.29, 1.82) is 0 Å². The van der Waals surface area contributed by atoms with Gasteiger partial charge in [0.05, 0.1) is 0 Å². The van der Waals surface area contributed by atoms with E-state index < -0.39 is 0 Å². The molecule has 5 atom stereocenters. The molecular formula is C12H25N. The van der Waals surface area contributed by atoms with Gasteiger partial charge in [0.1, 0.15) is 0 Å². The second-order valence-electron chi connectivity index (χ2n) is 5.41. The lowest BCUT2D eigenvalue weighted by Crippen LogP contribution is -2.19. The number of rotatable bonds is 5. The number of hydrogen-bond donors (Lipinski definition) is 1. The predicted octanol–water partition coefficient (Wildman–Crippen LogP) is 3.04. The minimum Gasteiger partial charge on any atom is -0.328 e. The van der Waals surface area contributed by atoms with Crippen LogP contribution in [-0.2, 0) is 0 Å². The Hall–Kier alpha value is -0.0400. The van der Waals surface area contributed by atoms with Crippen LogP contribution in [0.5, 0.6) is 0 Å². The summed E-state index contributed by atoms with van der Waals surface area (Å²) >= 11 is 0. The molecule has 0 radical (unpaired) electrons. The molecule has 13 heavy (non-hydrogen) atoms. The van der Waals surface area contributed by atoms with Crippen molar-refractivity contribution in [1.82, 2.24) is 0 Å². The fourth-order valence-corrected chi connectivity index (χ4v) is 2.68. The molecule has 0 aromatic rings. The van der Waals surface area contributed by atoms with Crippen molar-refractivity contribution in [2.24, 2.45) is 29.4 Å². The van der Waals surface area contributed by atoms with E-state index >= 15 is 0 Å². The molecule has 0 bridgehead atoms. The normalized spacial score (nSPS) is 33.9. The highest BCUT2D eigenvalue weighted by Crippen LogP contribution is 2.45. The van der Waals surface area contributed by atoms with Crippen LogP contribution in [0.2, 0.25) is 0 Å². The molecule has 1 fully saturated rings. The lowest BCUT2D eigenvalue weighted by Gasteiger charge is -2.18. The first kappa shape index (κ1) is 11.0. The summed E-state index contributed by atoms with van der Waals surface area (Å²) in [6, 6.07) is 0.374. The van der Waals surface area contributed by atoms with Crippen LogP contribution < -0.4 is 5.73 Å². The summed E-state index contributed by atoms with van der Waals surface area (Å²) in [6.45, 7) is 9.23. The monoisotopic (exact) mass is 183 g/mol. The minimum atomic E-state index is 0.374. The third-order valence-electron chi connectivity index (χ3n) is 3.45. The van der Waals surface area contributed by atoms with E-state index in [0.717, 1.165) is 23.7 Å². The van der Waals surface area contributed by atoms with Crippen LogP contribution in [0.4, 0.5) is 0 Å². The fraction of sp³-hybridized carbons (Fsp3) is 1.00. The quantitative estimate of drug-likeness (QED) is 0.696. The third kappa shape index (κ3) is 3.68. The Bertz CT molecular complexity index is 153. The van der Waals surface area contributed by atoms with Crippen LogP contribution in [0.3, 0.4) is 0 Å². The topological polar surface area (TPSA) is 26.0 Å². The zero-order valence-corrected chi connectivity index (χ0v) is 9.59. The molecule has 0 amide bonds. The summed E-state index contributed by atoms with van der Waals surface area (Å²) in [5.74, 6) is 3.75. The van der Waals surface area contributed by atoms with Gasteiger partial charge in [-0.15, -0.1) is 0 Å². The van der Waals surface area contributed by atoms with Gasteiger partial charge in [-0.05, 0) is 49.9 Å². The molecule has 0 aromatic carbocycles. The highest BCUT2D eigenvalue weighted by molar-refractivity contribution is 4.87. The van der Waals surface area contributed by atoms with Crippen molar-refractivity contribution in [3.63, 3.8) is 0 Å². The summed E-state index contributed by atoms with van der Waals surface area (Å²) < 4.78 is 0. The minimum absolute atomic E-state index is 0.374. The Balaban J connectivity index is 2.16. The first-order valence-electron chi connectivity index (χ1n) is 5.76. The smallest absolute Gasteiger partial charge is 0.00130 e. The van der Waals surface area contributed by atoms with Crippen molar-refractivity contribution < 1.29 is 0 Å². The van der Waals surface area contributed by atoms with Crippen LogP contribution in [0.25, 0.3) is 0 Å². The fourth-order valence-electron chi connectivity index (χ4n) is 2.68. The summed E-state index contributed by atoms with van der Waals surface area (Å²) in [4.78, 5) is 0. The predicted molar refractivity (Wildman–Crippen MR) is 58.5 cm³/mol. The maximum atomic E-state index is 5.79. The number of hydrogen-bond acceptors (Lipinski definition) is 1. The summed E-state index contributed by atoms with van der Waals surface area (Å²) in [7, 11) is 0. The van der Waals surface area contributed by atoms with Crippen molar-refractivity contribution in [2.75, 3.05) is 0 Å². The molecule has 0 aromatic heterocycles. The molecule has 1 heteroatoms. The standard InChI is InChI=1S/C12H25N/c1-8(6-11(4)13)5-9(2)12-7-10(12)3/h8-12H,5-7,13H2,1-4H3. The Morgan fingerprint density at radius 3 is 2.15 bits per heavy atom. The highest BCUT2D eigenvalue weighted by atomic mass is 14.6. The van der Waals surface area contributed by atoms with Crippen LogP contribution >= 0.6 is 0 Å². The lowest BCUT2D eigenvalue weighted by atomic mass is 9.89. The molecule has 78 valence electrons. The summed E-state index contributed by atoms with van der Waals surface area (Å²) in [6.07, 6.45) is 4.02. The van der Waals surface area contributed by atoms with Crippen LogP contribution in [0.15, 0.2) is 0 Å². The third-order valence-corrected chi connectivity index (χ3v) is 3.45. The number of nitrogens with two attached hydrogens (primary N) is 1. The van der Waals surface area contributed by atoms with E-state index in [1.807, 2.05) is 0 Å². The van der Waals surface area contributed by atoms with Gasteiger partial charge in [0.15, 0.2) is 0 Å². The van der Waals surface area contributed by atoms with Gasteiger partial charge in [-0.3, -0.25) is 0 Å². The summed E-state index contributed by atoms with van der Waals surface area (Å²) in [5.41, 5.74) is 5.79. The van der Waals surface area contributed by atoms with E-state index in [4.69, 9.17) is 5.73 Å². The largest absolute Gasteiger partial charge is 0.328 e. The molecule has 0 spiro atoms. The van der Waals surface area contributed by atoms with Gasteiger partial charge in [0.25, 0.3) is 0 Å². The molecule has 0 saturated heterocycles. The van der Waals surface area contributed by atoms with Gasteiger partial charge < -0.3 is 5.73 Å². The SMILES string of the molecule is CC(N)CC(C)CC(C)C1CC1C. The first-order valence-corrected chi connectivity index (χ1v) is 5.76. The molecular weight excluding hydrogens is 158 g/mol. The molecule has 1 aliphatic carbocycles. The molecule has 1 aliphatic rings. The molecule has 0 heterocycles. The van der Waals surface area contributed by atoms with Crippen molar-refractivity contribution in [2.45, 2.75) is 53.0 Å². The molecule has 1 nitrogen and oxygen atoms in total. The van der Waals surface area contributed by atoms with Crippen molar-refractivity contribution in [3.05, 3.63) is 0 Å². The maximum Gasteiger partial charge on any atom is 0.00130 e. The van der Waals surface area contributed by atoms with E-state index in [-0.39, 0.29) is 0 Å². The van der Waals surface area contributed by atoms with Gasteiger partial charge in [-0.1, -0.05) is 20.8 Å². The van der Waals surface area contributed by atoms with Crippen LogP contribution in [-0.4, -0.2) is 6.04 Å². The molecule has 5 unspecified atom stereocenters. The van der Waals surface area contributed by atoms with Gasteiger partial charge in [0, 0.05) is 6.04 Å². The van der Waals surface area contributed by atoms with Gasteiger partial charge in [0.2, 0.25) is 0 Å². The Morgan fingerprint density at radius 1 is 1.23 bits per heavy atom.